The summed E-state index contributed by atoms with van der Waals surface area (Å²) in [4.78, 5) is 13.0. The molecular formula is C21H32N2O3. The zero-order chi connectivity index (χ0) is 18.4. The van der Waals surface area contributed by atoms with E-state index < -0.39 is 0 Å². The van der Waals surface area contributed by atoms with Crippen molar-refractivity contribution < 1.29 is 14.3 Å². The lowest BCUT2D eigenvalue weighted by Gasteiger charge is -2.38. The molecule has 2 saturated heterocycles. The molecule has 1 amide bonds. The van der Waals surface area contributed by atoms with Crippen LogP contribution in [0, 0.1) is 18.3 Å². The molecule has 1 aromatic carbocycles. The summed E-state index contributed by atoms with van der Waals surface area (Å²) in [7, 11) is 1.74. The normalized spacial score (nSPS) is 25.6. The molecule has 5 heteroatoms. The van der Waals surface area contributed by atoms with Crippen LogP contribution in [0.5, 0.6) is 0 Å². The van der Waals surface area contributed by atoms with Gasteiger partial charge in [0.25, 0.3) is 0 Å². The quantitative estimate of drug-likeness (QED) is 0.819. The first kappa shape index (κ1) is 19.3. The van der Waals surface area contributed by atoms with E-state index >= 15 is 0 Å². The third kappa shape index (κ3) is 4.64. The highest BCUT2D eigenvalue weighted by atomic mass is 16.5. The number of carbonyl (C=O) groups is 1. The van der Waals surface area contributed by atoms with E-state index in [-0.39, 0.29) is 23.3 Å². The van der Waals surface area contributed by atoms with Gasteiger partial charge in [0.1, 0.15) is 0 Å². The smallest absolute Gasteiger partial charge is 0.226 e. The van der Waals surface area contributed by atoms with Gasteiger partial charge in [0.05, 0.1) is 18.6 Å². The molecule has 2 atom stereocenters. The van der Waals surface area contributed by atoms with E-state index in [0.717, 1.165) is 50.9 Å². The van der Waals surface area contributed by atoms with Gasteiger partial charge in [-0.05, 0) is 51.3 Å². The van der Waals surface area contributed by atoms with Crippen LogP contribution in [-0.2, 0) is 14.3 Å². The molecule has 0 aromatic heterocycles. The second-order valence-corrected chi connectivity index (χ2v) is 7.85. The molecule has 1 aromatic rings. The Morgan fingerprint density at radius 3 is 2.73 bits per heavy atom. The van der Waals surface area contributed by atoms with Gasteiger partial charge in [-0.3, -0.25) is 4.79 Å². The van der Waals surface area contributed by atoms with Gasteiger partial charge >= 0.3 is 0 Å². The molecular weight excluding hydrogens is 328 g/mol. The van der Waals surface area contributed by atoms with Crippen molar-refractivity contribution in [3.05, 3.63) is 35.4 Å². The zero-order valence-electron chi connectivity index (χ0n) is 16.1. The van der Waals surface area contributed by atoms with Gasteiger partial charge in [-0.1, -0.05) is 29.8 Å². The molecule has 2 heterocycles. The molecule has 2 fully saturated rings. The van der Waals surface area contributed by atoms with Crippen molar-refractivity contribution in [3.8, 4) is 0 Å². The Balaban J connectivity index is 1.65. The number of methoxy groups -OCH3 is 1. The van der Waals surface area contributed by atoms with E-state index in [4.69, 9.17) is 9.47 Å². The van der Waals surface area contributed by atoms with Crippen LogP contribution in [0.1, 0.15) is 42.9 Å². The first-order valence-corrected chi connectivity index (χ1v) is 9.79. The van der Waals surface area contributed by atoms with Crippen molar-refractivity contribution >= 4 is 5.91 Å². The van der Waals surface area contributed by atoms with Crippen LogP contribution in [0.3, 0.4) is 0 Å². The summed E-state index contributed by atoms with van der Waals surface area (Å²) < 4.78 is 11.5. The van der Waals surface area contributed by atoms with E-state index in [0.29, 0.717) is 13.2 Å². The maximum absolute atomic E-state index is 13.0. The average Bonchev–Trinajstić information content (AvgIpc) is 2.68. The van der Waals surface area contributed by atoms with Gasteiger partial charge in [0, 0.05) is 25.7 Å². The van der Waals surface area contributed by atoms with Crippen molar-refractivity contribution in [2.75, 3.05) is 40.0 Å². The highest BCUT2D eigenvalue weighted by molar-refractivity contribution is 5.79. The molecule has 0 radical (unpaired) electrons. The number of benzene rings is 1. The number of carbonyl (C=O) groups excluding carboxylic acids is 1. The minimum atomic E-state index is -0.143. The summed E-state index contributed by atoms with van der Waals surface area (Å²) in [5.41, 5.74) is 2.37. The van der Waals surface area contributed by atoms with Crippen LogP contribution in [0.2, 0.25) is 0 Å². The Kier molecular flexibility index (Phi) is 6.68. The minimum absolute atomic E-state index is 0.0462. The van der Waals surface area contributed by atoms with Crippen LogP contribution in [0.25, 0.3) is 0 Å². The summed E-state index contributed by atoms with van der Waals surface area (Å²) >= 11 is 0. The lowest BCUT2D eigenvalue weighted by atomic mass is 9.79. The number of ether oxygens (including phenoxy) is 2. The molecule has 2 N–H and O–H groups in total. The number of hydrogen-bond acceptors (Lipinski definition) is 4. The Hall–Kier alpha value is -1.43. The number of piperidine rings is 1. The number of nitrogens with one attached hydrogen (secondary N) is 2. The van der Waals surface area contributed by atoms with E-state index in [1.807, 2.05) is 0 Å². The Labute approximate surface area is 156 Å². The maximum atomic E-state index is 13.0. The van der Waals surface area contributed by atoms with E-state index in [9.17, 15) is 4.79 Å². The molecule has 26 heavy (non-hydrogen) atoms. The standard InChI is InChI=1S/C21H32N2O3/c1-16-5-7-17(8-6-16)19-18(4-3-13-26-19)20(24)23-14-21(15-25-2)9-11-22-12-10-21/h5-8,18-19,22H,3-4,9-15H2,1-2H3,(H,23,24). The summed E-state index contributed by atoms with van der Waals surface area (Å²) in [6.07, 6.45) is 3.74. The number of rotatable bonds is 6. The van der Waals surface area contributed by atoms with Crippen molar-refractivity contribution in [3.63, 3.8) is 0 Å². The Morgan fingerprint density at radius 1 is 1.31 bits per heavy atom. The molecule has 5 nitrogen and oxygen atoms in total. The van der Waals surface area contributed by atoms with Gasteiger partial charge in [0.2, 0.25) is 5.91 Å². The Bertz CT molecular complexity index is 576. The molecule has 0 spiro atoms. The van der Waals surface area contributed by atoms with Crippen molar-refractivity contribution in [1.82, 2.24) is 10.6 Å². The van der Waals surface area contributed by atoms with Crippen LogP contribution in [0.4, 0.5) is 0 Å². The van der Waals surface area contributed by atoms with E-state index in [1.54, 1.807) is 7.11 Å². The van der Waals surface area contributed by atoms with Gasteiger partial charge in [-0.25, -0.2) is 0 Å². The molecule has 0 aliphatic carbocycles. The molecule has 2 unspecified atom stereocenters. The third-order valence-corrected chi connectivity index (χ3v) is 5.82. The second-order valence-electron chi connectivity index (χ2n) is 7.85. The lowest BCUT2D eigenvalue weighted by Crippen LogP contribution is -2.49. The topological polar surface area (TPSA) is 59.6 Å². The zero-order valence-corrected chi connectivity index (χ0v) is 16.1. The Morgan fingerprint density at radius 2 is 2.04 bits per heavy atom. The number of amides is 1. The van der Waals surface area contributed by atoms with Crippen LogP contribution < -0.4 is 10.6 Å². The fraction of sp³-hybridized carbons (Fsp3) is 0.667. The first-order chi connectivity index (χ1) is 12.6. The molecule has 0 bridgehead atoms. The predicted octanol–water partition coefficient (Wildman–Crippen LogP) is 2.60. The molecule has 2 aliphatic heterocycles. The van der Waals surface area contributed by atoms with Gasteiger partial charge in [0.15, 0.2) is 0 Å². The summed E-state index contributed by atoms with van der Waals surface area (Å²) in [6.45, 7) is 6.14. The van der Waals surface area contributed by atoms with Crippen LogP contribution in [0.15, 0.2) is 24.3 Å². The number of aryl methyl sites for hydroxylation is 1. The van der Waals surface area contributed by atoms with Gasteiger partial charge in [-0.15, -0.1) is 0 Å². The molecule has 2 aliphatic rings. The summed E-state index contributed by atoms with van der Waals surface area (Å²) in [5.74, 6) is -0.00273. The minimum Gasteiger partial charge on any atom is -0.384 e. The highest BCUT2D eigenvalue weighted by Gasteiger charge is 2.36. The molecule has 3 rings (SSSR count). The largest absolute Gasteiger partial charge is 0.384 e. The van der Waals surface area contributed by atoms with Crippen molar-refractivity contribution in [2.45, 2.75) is 38.7 Å². The molecule has 144 valence electrons. The highest BCUT2D eigenvalue weighted by Crippen LogP contribution is 2.34. The first-order valence-electron chi connectivity index (χ1n) is 9.79. The average molecular weight is 360 g/mol. The summed E-state index contributed by atoms with van der Waals surface area (Å²) in [6, 6.07) is 8.35. The van der Waals surface area contributed by atoms with Gasteiger partial charge in [-0.2, -0.15) is 0 Å². The molecule has 0 saturated carbocycles. The SMILES string of the molecule is COCC1(CNC(=O)C2CCCOC2c2ccc(C)cc2)CCNCC1. The predicted molar refractivity (Wildman–Crippen MR) is 102 cm³/mol. The van der Waals surface area contributed by atoms with Crippen molar-refractivity contribution in [1.29, 1.82) is 0 Å². The van der Waals surface area contributed by atoms with E-state index in [1.165, 1.54) is 5.56 Å². The fourth-order valence-corrected chi connectivity index (χ4v) is 4.18. The fourth-order valence-electron chi connectivity index (χ4n) is 4.18. The van der Waals surface area contributed by atoms with Crippen LogP contribution in [-0.4, -0.2) is 45.9 Å². The number of hydrogen-bond donors (Lipinski definition) is 2. The summed E-state index contributed by atoms with van der Waals surface area (Å²) in [5, 5.41) is 6.63. The van der Waals surface area contributed by atoms with Gasteiger partial charge < -0.3 is 20.1 Å². The van der Waals surface area contributed by atoms with Crippen LogP contribution >= 0.6 is 0 Å². The second kappa shape index (κ2) is 8.98. The maximum Gasteiger partial charge on any atom is 0.226 e. The van der Waals surface area contributed by atoms with Crippen molar-refractivity contribution in [2.24, 2.45) is 11.3 Å². The van der Waals surface area contributed by atoms with E-state index in [2.05, 4.69) is 41.8 Å². The third-order valence-electron chi connectivity index (χ3n) is 5.82. The monoisotopic (exact) mass is 360 g/mol. The lowest BCUT2D eigenvalue weighted by molar-refractivity contribution is -0.135.